The number of anilines is 2. The van der Waals surface area contributed by atoms with Gasteiger partial charge in [0.1, 0.15) is 23.3 Å². The highest BCUT2D eigenvalue weighted by Gasteiger charge is 2.30. The van der Waals surface area contributed by atoms with Crippen LogP contribution in [0.25, 0.3) is 0 Å². The van der Waals surface area contributed by atoms with Crippen LogP contribution in [0.4, 0.5) is 24.7 Å². The predicted molar refractivity (Wildman–Crippen MR) is 87.6 cm³/mol. The Morgan fingerprint density at radius 2 is 1.92 bits per heavy atom. The highest BCUT2D eigenvalue weighted by molar-refractivity contribution is 7.99. The number of benzene rings is 1. The van der Waals surface area contributed by atoms with Crippen LogP contribution in [0.3, 0.4) is 0 Å². The molecule has 0 aliphatic carbocycles. The van der Waals surface area contributed by atoms with Crippen molar-refractivity contribution in [1.29, 1.82) is 10.5 Å². The fraction of sp³-hybridized carbons (Fsp3) is 0.125. The topological polar surface area (TPSA) is 117 Å². The number of nitrogens with two attached hydrogens (primary N) is 1. The minimum absolute atomic E-state index is 0.00857. The largest absolute Gasteiger partial charge is 0.416 e. The molecule has 0 bridgehead atoms. The van der Waals surface area contributed by atoms with Crippen molar-refractivity contribution >= 4 is 29.2 Å². The number of hydrogen-bond donors (Lipinski definition) is 2. The van der Waals surface area contributed by atoms with Gasteiger partial charge in [-0.1, -0.05) is 17.8 Å². The second-order valence-electron chi connectivity index (χ2n) is 4.98. The number of nitrogen functional groups attached to an aromatic ring is 1. The summed E-state index contributed by atoms with van der Waals surface area (Å²) in [6.45, 7) is 0. The normalized spacial score (nSPS) is 10.7. The molecule has 1 heterocycles. The molecule has 0 fully saturated rings. The van der Waals surface area contributed by atoms with Crippen LogP contribution in [0.2, 0.25) is 0 Å². The summed E-state index contributed by atoms with van der Waals surface area (Å²) in [5.74, 6) is -0.686. The van der Waals surface area contributed by atoms with Crippen LogP contribution in [0.15, 0.2) is 35.4 Å². The smallest absolute Gasteiger partial charge is 0.325 e. The van der Waals surface area contributed by atoms with Gasteiger partial charge in [0, 0.05) is 5.69 Å². The van der Waals surface area contributed by atoms with E-state index in [0.717, 1.165) is 23.9 Å². The van der Waals surface area contributed by atoms with Gasteiger partial charge in [-0.2, -0.15) is 23.7 Å². The Labute approximate surface area is 150 Å². The average molecular weight is 378 g/mol. The number of rotatable bonds is 4. The summed E-state index contributed by atoms with van der Waals surface area (Å²) in [4.78, 5) is 14.6. The molecule has 0 unspecified atom stereocenters. The lowest BCUT2D eigenvalue weighted by molar-refractivity contribution is -0.410. The number of H-pyrrole nitrogens is 1. The average Bonchev–Trinajstić information content (AvgIpc) is 2.59. The Balaban J connectivity index is 2.08. The van der Waals surface area contributed by atoms with Gasteiger partial charge in [0.25, 0.3) is 5.82 Å². The van der Waals surface area contributed by atoms with E-state index < -0.39 is 17.6 Å². The number of nitrogens with one attached hydrogen (secondary N) is 2. The van der Waals surface area contributed by atoms with Crippen molar-refractivity contribution in [2.75, 3.05) is 16.8 Å². The summed E-state index contributed by atoms with van der Waals surface area (Å²) >= 11 is 0.940. The summed E-state index contributed by atoms with van der Waals surface area (Å²) in [7, 11) is 0. The first-order valence-corrected chi connectivity index (χ1v) is 7.99. The van der Waals surface area contributed by atoms with Crippen LogP contribution in [0, 0.1) is 22.7 Å². The summed E-state index contributed by atoms with van der Waals surface area (Å²) < 4.78 is 38.0. The van der Waals surface area contributed by atoms with Gasteiger partial charge >= 0.3 is 6.18 Å². The lowest BCUT2D eigenvalue weighted by atomic mass is 10.2. The quantitative estimate of drug-likeness (QED) is 0.793. The zero-order valence-corrected chi connectivity index (χ0v) is 13.8. The monoisotopic (exact) mass is 378 g/mol. The third-order valence-corrected chi connectivity index (χ3v) is 4.15. The van der Waals surface area contributed by atoms with Crippen LogP contribution >= 0.6 is 11.8 Å². The molecule has 1 aromatic heterocycles. The molecule has 0 radical (unpaired) electrons. The molecule has 0 aliphatic rings. The molecule has 2 aromatic rings. The molecule has 4 N–H and O–H groups in total. The maximum Gasteiger partial charge on any atom is 0.416 e. The fourth-order valence-electron chi connectivity index (χ4n) is 1.94. The minimum Gasteiger partial charge on any atom is -0.325 e. The molecule has 6 nitrogen and oxygen atoms in total. The fourth-order valence-corrected chi connectivity index (χ4v) is 2.73. The Morgan fingerprint density at radius 3 is 2.54 bits per heavy atom. The predicted octanol–water partition coefficient (Wildman–Crippen LogP) is 2.58. The van der Waals surface area contributed by atoms with E-state index >= 15 is 0 Å². The van der Waals surface area contributed by atoms with Gasteiger partial charge in [-0.25, -0.2) is 4.98 Å². The van der Waals surface area contributed by atoms with E-state index in [1.165, 1.54) is 18.2 Å². The molecule has 26 heavy (non-hydrogen) atoms. The minimum atomic E-state index is -4.51. The van der Waals surface area contributed by atoms with Crippen LogP contribution < -0.4 is 16.0 Å². The summed E-state index contributed by atoms with van der Waals surface area (Å²) in [6, 6.07) is 9.25. The van der Waals surface area contributed by atoms with E-state index in [4.69, 9.17) is 16.3 Å². The number of carbonyl (C=O) groups is 1. The number of nitriles is 2. The number of aromatic amines is 1. The third-order valence-electron chi connectivity index (χ3n) is 3.13. The van der Waals surface area contributed by atoms with Crippen molar-refractivity contribution in [2.45, 2.75) is 11.2 Å². The molecule has 1 aromatic carbocycles. The first-order valence-electron chi connectivity index (χ1n) is 7.00. The molecule has 132 valence electrons. The first-order chi connectivity index (χ1) is 12.2. The molecular weight excluding hydrogens is 367 g/mol. The van der Waals surface area contributed by atoms with Crippen molar-refractivity contribution in [3.8, 4) is 12.1 Å². The van der Waals surface area contributed by atoms with Crippen LogP contribution in [0.1, 0.15) is 16.7 Å². The van der Waals surface area contributed by atoms with Crippen LogP contribution in [-0.2, 0) is 11.0 Å². The SMILES string of the molecule is N#Cc1cc(C#N)c(SCC(=O)Nc2cccc(C(F)(F)F)c2)[nH+]c1N. The number of thioether (sulfide) groups is 1. The van der Waals surface area contributed by atoms with Crippen molar-refractivity contribution in [3.63, 3.8) is 0 Å². The Hall–Kier alpha value is -3.24. The summed E-state index contributed by atoms with van der Waals surface area (Å²) in [5, 5.41) is 20.6. The van der Waals surface area contributed by atoms with Gasteiger partial charge in [-0.15, -0.1) is 0 Å². The van der Waals surface area contributed by atoms with Gasteiger partial charge in [0.2, 0.25) is 5.91 Å². The lowest BCUT2D eigenvalue weighted by Crippen LogP contribution is -2.19. The zero-order valence-electron chi connectivity index (χ0n) is 13.0. The Morgan fingerprint density at radius 1 is 1.23 bits per heavy atom. The summed E-state index contributed by atoms with van der Waals surface area (Å²) in [5.41, 5.74) is 5.00. The Bertz CT molecular complexity index is 931. The first kappa shape index (κ1) is 19.1. The van der Waals surface area contributed by atoms with Gasteiger partial charge in [-0.05, 0) is 24.3 Å². The zero-order chi connectivity index (χ0) is 19.3. The number of nitrogens with zero attached hydrogens (tertiary/aromatic N) is 2. The number of halogens is 3. The molecule has 10 heteroatoms. The maximum absolute atomic E-state index is 12.7. The van der Waals surface area contributed by atoms with Gasteiger partial charge in [-0.3, -0.25) is 10.5 Å². The van der Waals surface area contributed by atoms with Gasteiger partial charge in [0.05, 0.1) is 11.3 Å². The molecule has 1 amide bonds. The second-order valence-corrected chi connectivity index (χ2v) is 5.96. The molecular formula is C16H11F3N5OS+. The molecule has 0 spiro atoms. The molecule has 0 aliphatic heterocycles. The Kier molecular flexibility index (Phi) is 5.70. The van der Waals surface area contributed by atoms with Crippen LogP contribution in [-0.4, -0.2) is 11.7 Å². The second kappa shape index (κ2) is 7.76. The highest BCUT2D eigenvalue weighted by atomic mass is 32.2. The number of alkyl halides is 3. The van der Waals surface area contributed by atoms with Gasteiger partial charge < -0.3 is 5.32 Å². The van der Waals surface area contributed by atoms with Crippen molar-refractivity contribution in [1.82, 2.24) is 0 Å². The molecule has 2 rings (SSSR count). The molecule has 0 saturated heterocycles. The number of hydrogen-bond acceptors (Lipinski definition) is 5. The van der Waals surface area contributed by atoms with E-state index in [1.807, 2.05) is 12.1 Å². The standard InChI is InChI=1S/C16H10F3N5OS/c17-16(18,19)11-2-1-3-12(5-11)23-13(25)8-26-15-10(7-21)4-9(6-20)14(22)24-15/h1-5H,8H2,(H2,22,24)(H,23,25)/p+1. The highest BCUT2D eigenvalue weighted by Crippen LogP contribution is 2.30. The number of amides is 1. The lowest BCUT2D eigenvalue weighted by Gasteiger charge is -2.09. The number of pyridine rings is 1. The van der Waals surface area contributed by atoms with E-state index in [1.54, 1.807) is 0 Å². The van der Waals surface area contributed by atoms with Crippen molar-refractivity contribution in [3.05, 3.63) is 47.0 Å². The third kappa shape index (κ3) is 4.65. The number of aromatic nitrogens is 1. The molecule has 0 saturated carbocycles. The van der Waals surface area contributed by atoms with E-state index in [-0.39, 0.29) is 33.4 Å². The number of carbonyl (C=O) groups excluding carboxylic acids is 1. The van der Waals surface area contributed by atoms with E-state index in [9.17, 15) is 18.0 Å². The van der Waals surface area contributed by atoms with E-state index in [2.05, 4.69) is 10.3 Å². The van der Waals surface area contributed by atoms with Crippen molar-refractivity contribution in [2.24, 2.45) is 0 Å². The molecule has 0 atom stereocenters. The maximum atomic E-state index is 12.7. The van der Waals surface area contributed by atoms with Crippen molar-refractivity contribution < 1.29 is 22.9 Å². The summed E-state index contributed by atoms with van der Waals surface area (Å²) in [6.07, 6.45) is -4.51. The van der Waals surface area contributed by atoms with Crippen LogP contribution in [0.5, 0.6) is 0 Å². The van der Waals surface area contributed by atoms with Gasteiger partial charge in [0.15, 0.2) is 5.03 Å². The van der Waals surface area contributed by atoms with E-state index in [0.29, 0.717) is 0 Å².